The molecule has 0 amide bonds. The van der Waals surface area contributed by atoms with Crippen molar-refractivity contribution in [2.24, 2.45) is 0 Å². The Morgan fingerprint density at radius 3 is 0.667 bits per heavy atom. The maximum absolute atomic E-state index is 7.30. The van der Waals surface area contributed by atoms with Gasteiger partial charge in [0.2, 0.25) is 0 Å². The molecule has 0 radical (unpaired) electrons. The van der Waals surface area contributed by atoms with E-state index in [2.05, 4.69) is 53.9 Å². The highest BCUT2D eigenvalue weighted by Crippen LogP contribution is 2.39. The molecular formula is C28H64O4Si4. The molecule has 0 aliphatic carbocycles. The number of hydrogen-bond acceptors (Lipinski definition) is 4. The van der Waals surface area contributed by atoms with Gasteiger partial charge in [-0.25, -0.2) is 0 Å². The molecule has 0 bridgehead atoms. The summed E-state index contributed by atoms with van der Waals surface area (Å²) in [7, 11) is -9.55. The Bertz CT molecular complexity index is 460. The Morgan fingerprint density at radius 1 is 0.306 bits per heavy atom. The smallest absolute Gasteiger partial charge is 0.317 e. The fraction of sp³-hybridized carbons (Fsp3) is 1.00. The third-order valence-corrected chi connectivity index (χ3v) is 26.5. The summed E-state index contributed by atoms with van der Waals surface area (Å²) in [6.07, 6.45) is 20.2. The molecule has 1 heterocycles. The quantitative estimate of drug-likeness (QED) is 0.107. The number of rotatable bonds is 20. The molecule has 216 valence electrons. The molecule has 4 nitrogen and oxygen atoms in total. The van der Waals surface area contributed by atoms with Crippen molar-refractivity contribution in [2.45, 2.75) is 181 Å². The molecule has 0 atom stereocenters. The summed E-state index contributed by atoms with van der Waals surface area (Å²) in [5, 5.41) is 0. The van der Waals surface area contributed by atoms with E-state index >= 15 is 0 Å². The summed E-state index contributed by atoms with van der Waals surface area (Å²) in [6, 6.07) is 4.35. The lowest BCUT2D eigenvalue weighted by Gasteiger charge is -2.50. The average Bonchev–Trinajstić information content (AvgIpc) is 2.79. The predicted molar refractivity (Wildman–Crippen MR) is 167 cm³/mol. The van der Waals surface area contributed by atoms with Crippen molar-refractivity contribution in [1.29, 1.82) is 0 Å². The van der Waals surface area contributed by atoms with Crippen LogP contribution in [-0.2, 0) is 16.5 Å². The van der Waals surface area contributed by atoms with Crippen molar-refractivity contribution in [3.8, 4) is 0 Å². The molecule has 1 fully saturated rings. The first-order valence-corrected chi connectivity index (χ1v) is 26.0. The lowest BCUT2D eigenvalue weighted by atomic mass is 10.2. The van der Waals surface area contributed by atoms with Crippen LogP contribution in [-0.4, -0.2) is 34.2 Å². The SMILES string of the molecule is CCCCCC[Si]1(C)O[Si](C)(CCCCCC)O[Si](C)(CCCCCC)O[Si](C)(CCCCCC)O1. The van der Waals surface area contributed by atoms with Gasteiger partial charge < -0.3 is 16.5 Å². The van der Waals surface area contributed by atoms with E-state index in [9.17, 15) is 0 Å². The average molecular weight is 577 g/mol. The molecule has 0 spiro atoms. The minimum atomic E-state index is -2.39. The molecular weight excluding hydrogens is 513 g/mol. The van der Waals surface area contributed by atoms with Gasteiger partial charge in [0.15, 0.2) is 0 Å². The molecule has 0 aromatic rings. The maximum Gasteiger partial charge on any atom is 0.317 e. The summed E-state index contributed by atoms with van der Waals surface area (Å²) in [4.78, 5) is 0. The zero-order valence-electron chi connectivity index (χ0n) is 25.8. The Kier molecular flexibility index (Phi) is 17.5. The monoisotopic (exact) mass is 576 g/mol. The highest BCUT2D eigenvalue weighted by Gasteiger charge is 2.56. The number of hydrogen-bond donors (Lipinski definition) is 0. The van der Waals surface area contributed by atoms with Gasteiger partial charge in [0, 0.05) is 0 Å². The van der Waals surface area contributed by atoms with Gasteiger partial charge in [-0.1, -0.05) is 130 Å². The van der Waals surface area contributed by atoms with E-state index < -0.39 is 34.2 Å². The van der Waals surface area contributed by atoms with Crippen LogP contribution in [0.15, 0.2) is 0 Å². The summed E-state index contributed by atoms with van der Waals surface area (Å²) in [5.74, 6) is 0. The minimum absolute atomic E-state index is 1.09. The summed E-state index contributed by atoms with van der Waals surface area (Å²) < 4.78 is 29.2. The van der Waals surface area contributed by atoms with Crippen molar-refractivity contribution < 1.29 is 16.5 Å². The second-order valence-corrected chi connectivity index (χ2v) is 26.5. The fourth-order valence-electron chi connectivity index (χ4n) is 5.81. The molecule has 1 aliphatic rings. The summed E-state index contributed by atoms with van der Waals surface area (Å²) >= 11 is 0. The summed E-state index contributed by atoms with van der Waals surface area (Å²) in [5.41, 5.74) is 0. The Labute approximate surface area is 231 Å². The van der Waals surface area contributed by atoms with Gasteiger partial charge in [0.1, 0.15) is 0 Å². The van der Waals surface area contributed by atoms with E-state index in [4.69, 9.17) is 16.5 Å². The molecule has 36 heavy (non-hydrogen) atoms. The van der Waals surface area contributed by atoms with Crippen LogP contribution < -0.4 is 0 Å². The van der Waals surface area contributed by atoms with Crippen LogP contribution in [0.1, 0.15) is 130 Å². The summed E-state index contributed by atoms with van der Waals surface area (Å²) in [6.45, 7) is 18.6. The van der Waals surface area contributed by atoms with Gasteiger partial charge in [-0.2, -0.15) is 0 Å². The largest absolute Gasteiger partial charge is 0.416 e. The first-order valence-electron chi connectivity index (χ1n) is 15.9. The first-order chi connectivity index (χ1) is 17.1. The molecule has 1 aliphatic heterocycles. The van der Waals surface area contributed by atoms with Crippen LogP contribution in [0, 0.1) is 0 Å². The third kappa shape index (κ3) is 14.2. The molecule has 0 N–H and O–H groups in total. The Hall–Kier alpha value is 0.708. The normalized spacial score (nSPS) is 31.3. The van der Waals surface area contributed by atoms with Crippen LogP contribution in [0.3, 0.4) is 0 Å². The molecule has 1 saturated heterocycles. The predicted octanol–water partition coefficient (Wildman–Crippen LogP) is 10.7. The second-order valence-electron chi connectivity index (χ2n) is 12.2. The van der Waals surface area contributed by atoms with Crippen LogP contribution >= 0.6 is 0 Å². The lowest BCUT2D eigenvalue weighted by Crippen LogP contribution is -2.67. The van der Waals surface area contributed by atoms with Crippen molar-refractivity contribution >= 4 is 34.2 Å². The Balaban J connectivity index is 3.18. The van der Waals surface area contributed by atoms with Gasteiger partial charge in [-0.05, 0) is 50.4 Å². The van der Waals surface area contributed by atoms with Gasteiger partial charge in [0.25, 0.3) is 0 Å². The minimum Gasteiger partial charge on any atom is -0.416 e. The molecule has 0 saturated carbocycles. The molecule has 0 unspecified atom stereocenters. The number of unbranched alkanes of at least 4 members (excludes halogenated alkanes) is 12. The molecule has 0 aromatic heterocycles. The standard InChI is InChI=1S/C28H64O4Si4/c1-9-13-17-21-25-33(5)29-34(6,26-22-18-14-10-2)31-36(8,28-24-20-16-12-4)32-35(7,30-33)27-23-19-15-11-3/h9-28H2,1-8H3. The van der Waals surface area contributed by atoms with Crippen molar-refractivity contribution in [1.82, 2.24) is 0 Å². The second kappa shape index (κ2) is 18.1. The zero-order valence-corrected chi connectivity index (χ0v) is 29.8. The molecule has 1 rings (SSSR count). The maximum atomic E-state index is 7.30. The fourth-order valence-corrected chi connectivity index (χ4v) is 29.4. The van der Waals surface area contributed by atoms with Crippen LogP contribution in [0.25, 0.3) is 0 Å². The molecule has 8 heteroatoms. The van der Waals surface area contributed by atoms with Gasteiger partial charge in [-0.3, -0.25) is 0 Å². The highest BCUT2D eigenvalue weighted by molar-refractivity contribution is 6.93. The lowest BCUT2D eigenvalue weighted by molar-refractivity contribution is 0.219. The van der Waals surface area contributed by atoms with E-state index in [0.29, 0.717) is 0 Å². The highest BCUT2D eigenvalue weighted by atomic mass is 28.5. The van der Waals surface area contributed by atoms with Crippen molar-refractivity contribution in [3.05, 3.63) is 0 Å². The Morgan fingerprint density at radius 2 is 0.500 bits per heavy atom. The van der Waals surface area contributed by atoms with E-state index in [-0.39, 0.29) is 0 Å². The van der Waals surface area contributed by atoms with E-state index in [1.165, 1.54) is 103 Å². The molecule has 0 aromatic carbocycles. The van der Waals surface area contributed by atoms with E-state index in [1.807, 2.05) is 0 Å². The van der Waals surface area contributed by atoms with Crippen molar-refractivity contribution in [2.75, 3.05) is 0 Å². The van der Waals surface area contributed by atoms with E-state index in [0.717, 1.165) is 24.2 Å². The van der Waals surface area contributed by atoms with Gasteiger partial charge in [-0.15, -0.1) is 0 Å². The van der Waals surface area contributed by atoms with Crippen molar-refractivity contribution in [3.63, 3.8) is 0 Å². The van der Waals surface area contributed by atoms with Crippen LogP contribution in [0.4, 0.5) is 0 Å². The third-order valence-electron chi connectivity index (χ3n) is 7.66. The van der Waals surface area contributed by atoms with Gasteiger partial charge >= 0.3 is 34.2 Å². The van der Waals surface area contributed by atoms with Crippen LogP contribution in [0.2, 0.25) is 50.4 Å². The van der Waals surface area contributed by atoms with E-state index in [1.54, 1.807) is 0 Å². The van der Waals surface area contributed by atoms with Gasteiger partial charge in [0.05, 0.1) is 0 Å². The van der Waals surface area contributed by atoms with Crippen LogP contribution in [0.5, 0.6) is 0 Å². The first kappa shape index (κ1) is 34.7. The zero-order chi connectivity index (χ0) is 27.0. The topological polar surface area (TPSA) is 36.9 Å².